The van der Waals surface area contributed by atoms with Crippen molar-refractivity contribution in [2.75, 3.05) is 0 Å². The van der Waals surface area contributed by atoms with Gasteiger partial charge in [0.05, 0.1) is 17.9 Å². The van der Waals surface area contributed by atoms with Gasteiger partial charge in [-0.2, -0.15) is 0 Å². The van der Waals surface area contributed by atoms with E-state index in [9.17, 15) is 0 Å². The van der Waals surface area contributed by atoms with E-state index in [1.165, 1.54) is 16.5 Å². The molecular weight excluding hydrogens is 296 g/mol. The third-order valence-electron chi connectivity index (χ3n) is 4.39. The predicted molar refractivity (Wildman–Crippen MR) is 97.7 cm³/mol. The van der Waals surface area contributed by atoms with E-state index >= 15 is 0 Å². The van der Waals surface area contributed by atoms with E-state index in [1.54, 1.807) is 0 Å². The van der Waals surface area contributed by atoms with E-state index in [-0.39, 0.29) is 6.04 Å². The number of aromatic nitrogens is 3. The Morgan fingerprint density at radius 3 is 2.79 bits per heavy atom. The molecule has 1 atom stereocenters. The maximum atomic E-state index is 6.40. The summed E-state index contributed by atoms with van der Waals surface area (Å²) in [6, 6.07) is 16.4. The fourth-order valence-corrected chi connectivity index (χ4v) is 3.08. The molecule has 0 saturated carbocycles. The summed E-state index contributed by atoms with van der Waals surface area (Å²) in [6.07, 6.45) is 4.64. The van der Waals surface area contributed by atoms with Crippen LogP contribution in [0.15, 0.2) is 60.9 Å². The molecule has 4 rings (SSSR count). The largest absolute Gasteiger partial charge is 0.361 e. The highest BCUT2D eigenvalue weighted by atomic mass is 15.0. The fraction of sp³-hybridized carbons (Fsp3) is 0.150. The van der Waals surface area contributed by atoms with Crippen molar-refractivity contribution >= 4 is 10.9 Å². The minimum absolute atomic E-state index is 0.165. The van der Waals surface area contributed by atoms with Crippen molar-refractivity contribution in [2.24, 2.45) is 5.73 Å². The van der Waals surface area contributed by atoms with E-state index in [2.05, 4.69) is 52.2 Å². The highest BCUT2D eigenvalue weighted by Gasteiger charge is 2.14. The Morgan fingerprint density at radius 1 is 1.12 bits per heavy atom. The number of nitrogens with two attached hydrogens (primary N) is 1. The summed E-state index contributed by atoms with van der Waals surface area (Å²) in [5.41, 5.74) is 12.1. The van der Waals surface area contributed by atoms with Crippen LogP contribution in [0.3, 0.4) is 0 Å². The van der Waals surface area contributed by atoms with Gasteiger partial charge in [-0.25, -0.2) is 4.98 Å². The van der Waals surface area contributed by atoms with Crippen LogP contribution in [0, 0.1) is 6.92 Å². The van der Waals surface area contributed by atoms with E-state index in [0.29, 0.717) is 0 Å². The first kappa shape index (κ1) is 14.7. The van der Waals surface area contributed by atoms with Crippen molar-refractivity contribution < 1.29 is 0 Å². The Hall–Kier alpha value is -2.85. The van der Waals surface area contributed by atoms with Gasteiger partial charge in [0.25, 0.3) is 0 Å². The first-order chi connectivity index (χ1) is 11.7. The number of benzene rings is 2. The van der Waals surface area contributed by atoms with E-state index in [1.807, 2.05) is 30.6 Å². The lowest BCUT2D eigenvalue weighted by atomic mass is 10.0. The van der Waals surface area contributed by atoms with Gasteiger partial charge in [-0.3, -0.25) is 0 Å². The predicted octanol–water partition coefficient (Wildman–Crippen LogP) is 4.11. The third kappa shape index (κ3) is 2.72. The molecule has 0 bridgehead atoms. The maximum Gasteiger partial charge on any atom is 0.123 e. The zero-order chi connectivity index (χ0) is 16.5. The average molecular weight is 316 g/mol. The van der Waals surface area contributed by atoms with Crippen LogP contribution in [0.25, 0.3) is 22.2 Å². The monoisotopic (exact) mass is 316 g/mol. The molecule has 2 heterocycles. The molecule has 0 saturated heterocycles. The van der Waals surface area contributed by atoms with Crippen molar-refractivity contribution in [3.8, 4) is 11.3 Å². The second-order valence-corrected chi connectivity index (χ2v) is 6.22. The molecule has 4 nitrogen and oxygen atoms in total. The average Bonchev–Trinajstić information content (AvgIpc) is 3.23. The minimum atomic E-state index is -0.165. The summed E-state index contributed by atoms with van der Waals surface area (Å²) < 4.78 is 0. The van der Waals surface area contributed by atoms with Crippen molar-refractivity contribution in [1.29, 1.82) is 0 Å². The number of hydrogen-bond donors (Lipinski definition) is 3. The molecule has 2 aromatic carbocycles. The molecule has 120 valence electrons. The standard InChI is InChI=1S/C20H20N4/c1-13-7-8-18-16(9-13)15(11-22-18)10-17(21)20-23-12-19(24-20)14-5-3-2-4-6-14/h2-9,11-12,17,22H,10,21H2,1H3,(H,23,24). The number of nitrogens with zero attached hydrogens (tertiary/aromatic N) is 1. The summed E-state index contributed by atoms with van der Waals surface area (Å²) in [5, 5.41) is 1.24. The van der Waals surface area contributed by atoms with Crippen molar-refractivity contribution in [2.45, 2.75) is 19.4 Å². The minimum Gasteiger partial charge on any atom is -0.361 e. The molecule has 0 fully saturated rings. The number of nitrogens with one attached hydrogen (secondary N) is 2. The SMILES string of the molecule is Cc1ccc2[nH]cc(CC(N)c3ncc(-c4ccccc4)[nH]3)c2c1. The number of aromatic amines is 2. The topological polar surface area (TPSA) is 70.5 Å². The first-order valence-corrected chi connectivity index (χ1v) is 8.13. The van der Waals surface area contributed by atoms with Crippen LogP contribution in [0.1, 0.15) is 23.0 Å². The van der Waals surface area contributed by atoms with Gasteiger partial charge in [0, 0.05) is 17.1 Å². The van der Waals surface area contributed by atoms with Gasteiger partial charge in [0.2, 0.25) is 0 Å². The first-order valence-electron chi connectivity index (χ1n) is 8.13. The molecule has 0 aliphatic carbocycles. The molecule has 2 aromatic heterocycles. The highest BCUT2D eigenvalue weighted by molar-refractivity contribution is 5.83. The third-order valence-corrected chi connectivity index (χ3v) is 4.39. The molecule has 0 spiro atoms. The molecule has 0 aliphatic rings. The number of rotatable bonds is 4. The van der Waals surface area contributed by atoms with Crippen molar-refractivity contribution in [3.05, 3.63) is 77.9 Å². The fourth-order valence-electron chi connectivity index (χ4n) is 3.08. The summed E-state index contributed by atoms with van der Waals surface area (Å²) in [5.74, 6) is 0.816. The Labute approximate surface area is 140 Å². The molecular formula is C20H20N4. The summed E-state index contributed by atoms with van der Waals surface area (Å²) in [4.78, 5) is 11.2. The zero-order valence-corrected chi connectivity index (χ0v) is 13.6. The Bertz CT molecular complexity index is 966. The van der Waals surface area contributed by atoms with Gasteiger partial charge < -0.3 is 15.7 Å². The maximum absolute atomic E-state index is 6.40. The molecule has 24 heavy (non-hydrogen) atoms. The molecule has 1 unspecified atom stereocenters. The smallest absolute Gasteiger partial charge is 0.123 e. The van der Waals surface area contributed by atoms with Gasteiger partial charge in [-0.05, 0) is 36.6 Å². The van der Waals surface area contributed by atoms with Gasteiger partial charge in [-0.1, -0.05) is 42.0 Å². The lowest BCUT2D eigenvalue weighted by molar-refractivity contribution is 0.680. The second-order valence-electron chi connectivity index (χ2n) is 6.22. The van der Waals surface area contributed by atoms with Crippen LogP contribution in [0.5, 0.6) is 0 Å². The Morgan fingerprint density at radius 2 is 1.96 bits per heavy atom. The van der Waals surface area contributed by atoms with Gasteiger partial charge in [0.15, 0.2) is 0 Å². The van der Waals surface area contributed by atoms with E-state index in [0.717, 1.165) is 29.0 Å². The van der Waals surface area contributed by atoms with Crippen LogP contribution in [0.4, 0.5) is 0 Å². The van der Waals surface area contributed by atoms with Crippen LogP contribution in [0.2, 0.25) is 0 Å². The second kappa shape index (κ2) is 5.98. The number of fused-ring (bicyclic) bond motifs is 1. The summed E-state index contributed by atoms with van der Waals surface area (Å²) in [7, 11) is 0. The van der Waals surface area contributed by atoms with Crippen LogP contribution < -0.4 is 5.73 Å². The van der Waals surface area contributed by atoms with Gasteiger partial charge >= 0.3 is 0 Å². The summed E-state index contributed by atoms with van der Waals surface area (Å²) in [6.45, 7) is 2.11. The van der Waals surface area contributed by atoms with Crippen LogP contribution >= 0.6 is 0 Å². The molecule has 4 N–H and O–H groups in total. The molecule has 0 radical (unpaired) electrons. The number of H-pyrrole nitrogens is 2. The van der Waals surface area contributed by atoms with E-state index in [4.69, 9.17) is 5.73 Å². The van der Waals surface area contributed by atoms with Crippen LogP contribution in [-0.2, 0) is 6.42 Å². The van der Waals surface area contributed by atoms with E-state index < -0.39 is 0 Å². The molecule has 0 aliphatic heterocycles. The number of aryl methyl sites for hydroxylation is 1. The quantitative estimate of drug-likeness (QED) is 0.530. The Balaban J connectivity index is 1.59. The zero-order valence-electron chi connectivity index (χ0n) is 13.6. The highest BCUT2D eigenvalue weighted by Crippen LogP contribution is 2.24. The Kier molecular flexibility index (Phi) is 3.67. The molecule has 4 heteroatoms. The summed E-state index contributed by atoms with van der Waals surface area (Å²) >= 11 is 0. The van der Waals surface area contributed by atoms with Crippen molar-refractivity contribution in [1.82, 2.24) is 15.0 Å². The lowest BCUT2D eigenvalue weighted by Crippen LogP contribution is -2.14. The normalized spacial score (nSPS) is 12.6. The van der Waals surface area contributed by atoms with Gasteiger partial charge in [0.1, 0.15) is 5.82 Å². The molecule has 0 amide bonds. The number of hydrogen-bond acceptors (Lipinski definition) is 2. The van der Waals surface area contributed by atoms with Crippen molar-refractivity contribution in [3.63, 3.8) is 0 Å². The molecule has 4 aromatic rings. The van der Waals surface area contributed by atoms with Gasteiger partial charge in [-0.15, -0.1) is 0 Å². The lowest BCUT2D eigenvalue weighted by Gasteiger charge is -2.08. The number of imidazole rings is 1. The van der Waals surface area contributed by atoms with Crippen LogP contribution in [-0.4, -0.2) is 15.0 Å².